The van der Waals surface area contributed by atoms with Gasteiger partial charge in [0, 0.05) is 30.1 Å². The van der Waals surface area contributed by atoms with Gasteiger partial charge in [0.15, 0.2) is 0 Å². The van der Waals surface area contributed by atoms with E-state index in [1.165, 1.54) is 27.4 Å². The molecule has 3 heterocycles. The number of aryl methyl sites for hydroxylation is 1. The van der Waals surface area contributed by atoms with Crippen LogP contribution in [0.2, 0.25) is 0 Å². The van der Waals surface area contributed by atoms with E-state index in [-0.39, 0.29) is 0 Å². The fourth-order valence-corrected chi connectivity index (χ4v) is 4.34. The molecule has 0 radical (unpaired) electrons. The standard InChI is InChI=1S/C19H21N3S/c1-14-8-10-23-18(14)12-22-9-7-16-19(21-13-20-16)17(22)11-15-5-3-2-4-6-15/h2-6,8,10,13,17H,7,9,11-12H2,1H3,(H,20,21)/t17-/m1/s1. The van der Waals surface area contributed by atoms with E-state index in [4.69, 9.17) is 0 Å². The number of rotatable bonds is 4. The van der Waals surface area contributed by atoms with Crippen molar-refractivity contribution in [3.8, 4) is 0 Å². The summed E-state index contributed by atoms with van der Waals surface area (Å²) in [6, 6.07) is 13.3. The van der Waals surface area contributed by atoms with Crippen molar-refractivity contribution in [3.63, 3.8) is 0 Å². The number of hydrogen-bond acceptors (Lipinski definition) is 3. The Morgan fingerprint density at radius 2 is 2.13 bits per heavy atom. The molecule has 0 amide bonds. The Balaban J connectivity index is 1.63. The number of H-pyrrole nitrogens is 1. The number of benzene rings is 1. The number of nitrogens with one attached hydrogen (secondary N) is 1. The largest absolute Gasteiger partial charge is 0.348 e. The van der Waals surface area contributed by atoms with Crippen molar-refractivity contribution >= 4 is 11.3 Å². The zero-order chi connectivity index (χ0) is 15.6. The Morgan fingerprint density at radius 1 is 1.26 bits per heavy atom. The summed E-state index contributed by atoms with van der Waals surface area (Å²) in [5.74, 6) is 0. The third kappa shape index (κ3) is 2.96. The second-order valence-electron chi connectivity index (χ2n) is 6.22. The van der Waals surface area contributed by atoms with Gasteiger partial charge >= 0.3 is 0 Å². The van der Waals surface area contributed by atoms with Gasteiger partial charge in [0.25, 0.3) is 0 Å². The predicted molar refractivity (Wildman–Crippen MR) is 94.6 cm³/mol. The number of fused-ring (bicyclic) bond motifs is 1. The highest BCUT2D eigenvalue weighted by Crippen LogP contribution is 2.33. The Bertz CT molecular complexity index is 775. The van der Waals surface area contributed by atoms with Gasteiger partial charge in [-0.25, -0.2) is 4.98 Å². The maximum absolute atomic E-state index is 4.64. The third-order valence-electron chi connectivity index (χ3n) is 4.74. The van der Waals surface area contributed by atoms with Crippen LogP contribution in [0.15, 0.2) is 48.1 Å². The molecule has 3 aromatic rings. The van der Waals surface area contributed by atoms with Gasteiger partial charge in [0.1, 0.15) is 0 Å². The van der Waals surface area contributed by atoms with Gasteiger partial charge in [-0.3, -0.25) is 4.90 Å². The van der Waals surface area contributed by atoms with Gasteiger partial charge in [-0.2, -0.15) is 0 Å². The number of aromatic amines is 1. The van der Waals surface area contributed by atoms with Crippen molar-refractivity contribution < 1.29 is 0 Å². The third-order valence-corrected chi connectivity index (χ3v) is 5.75. The summed E-state index contributed by atoms with van der Waals surface area (Å²) in [6.07, 6.45) is 3.93. The molecule has 1 aliphatic rings. The van der Waals surface area contributed by atoms with E-state index < -0.39 is 0 Å². The molecular weight excluding hydrogens is 302 g/mol. The van der Waals surface area contributed by atoms with Crippen LogP contribution in [0.5, 0.6) is 0 Å². The summed E-state index contributed by atoms with van der Waals surface area (Å²) in [7, 11) is 0. The molecule has 23 heavy (non-hydrogen) atoms. The van der Waals surface area contributed by atoms with E-state index in [2.05, 4.69) is 63.6 Å². The maximum atomic E-state index is 4.64. The highest BCUT2D eigenvalue weighted by molar-refractivity contribution is 7.10. The normalized spacial score (nSPS) is 18.0. The van der Waals surface area contributed by atoms with Gasteiger partial charge in [-0.15, -0.1) is 11.3 Å². The maximum Gasteiger partial charge on any atom is 0.0925 e. The Labute approximate surface area is 141 Å². The first-order chi connectivity index (χ1) is 11.3. The van der Waals surface area contributed by atoms with E-state index in [1.54, 1.807) is 0 Å². The van der Waals surface area contributed by atoms with E-state index in [0.29, 0.717) is 6.04 Å². The van der Waals surface area contributed by atoms with Crippen LogP contribution in [0, 0.1) is 6.92 Å². The summed E-state index contributed by atoms with van der Waals surface area (Å²) >= 11 is 1.87. The van der Waals surface area contributed by atoms with Crippen LogP contribution in [-0.2, 0) is 19.4 Å². The summed E-state index contributed by atoms with van der Waals surface area (Å²) in [4.78, 5) is 12.0. The van der Waals surface area contributed by atoms with Crippen molar-refractivity contribution in [1.82, 2.24) is 14.9 Å². The van der Waals surface area contributed by atoms with Crippen molar-refractivity contribution in [3.05, 3.63) is 75.5 Å². The van der Waals surface area contributed by atoms with Crippen LogP contribution in [0.4, 0.5) is 0 Å². The van der Waals surface area contributed by atoms with Crippen molar-refractivity contribution in [2.24, 2.45) is 0 Å². The SMILES string of the molecule is Cc1ccsc1CN1CCc2[nH]cnc2[C@H]1Cc1ccccc1. The molecule has 0 fully saturated rings. The van der Waals surface area contributed by atoms with Gasteiger partial charge in [-0.05, 0) is 35.9 Å². The smallest absolute Gasteiger partial charge is 0.0925 e. The molecule has 4 heteroatoms. The number of thiophene rings is 1. The minimum absolute atomic E-state index is 0.355. The van der Waals surface area contributed by atoms with Gasteiger partial charge in [0.05, 0.1) is 18.1 Å². The number of aromatic nitrogens is 2. The quantitative estimate of drug-likeness (QED) is 0.783. The van der Waals surface area contributed by atoms with E-state index >= 15 is 0 Å². The highest BCUT2D eigenvalue weighted by Gasteiger charge is 2.30. The van der Waals surface area contributed by atoms with Crippen LogP contribution in [-0.4, -0.2) is 21.4 Å². The van der Waals surface area contributed by atoms with Gasteiger partial charge in [0.2, 0.25) is 0 Å². The first-order valence-corrected chi connectivity index (χ1v) is 9.02. The molecule has 0 bridgehead atoms. The van der Waals surface area contributed by atoms with Crippen molar-refractivity contribution in [2.45, 2.75) is 32.4 Å². The summed E-state index contributed by atoms with van der Waals surface area (Å²) in [5.41, 5.74) is 5.32. The second kappa shape index (κ2) is 6.30. The second-order valence-corrected chi connectivity index (χ2v) is 7.22. The first kappa shape index (κ1) is 14.7. The monoisotopic (exact) mass is 323 g/mol. The Hall–Kier alpha value is -1.91. The Kier molecular flexibility index (Phi) is 4.02. The van der Waals surface area contributed by atoms with Gasteiger partial charge in [-0.1, -0.05) is 30.3 Å². The van der Waals surface area contributed by atoms with Crippen LogP contribution in [0.1, 0.15) is 33.4 Å². The summed E-state index contributed by atoms with van der Waals surface area (Å²) < 4.78 is 0. The number of hydrogen-bond donors (Lipinski definition) is 1. The molecule has 0 saturated heterocycles. The molecule has 1 N–H and O–H groups in total. The minimum Gasteiger partial charge on any atom is -0.348 e. The van der Waals surface area contributed by atoms with Crippen molar-refractivity contribution in [2.75, 3.05) is 6.54 Å². The highest BCUT2D eigenvalue weighted by atomic mass is 32.1. The molecule has 118 valence electrons. The minimum atomic E-state index is 0.355. The lowest BCUT2D eigenvalue weighted by Crippen LogP contribution is -2.36. The van der Waals surface area contributed by atoms with Crippen LogP contribution >= 0.6 is 11.3 Å². The molecular formula is C19H21N3S. The zero-order valence-corrected chi connectivity index (χ0v) is 14.1. The predicted octanol–water partition coefficient (Wildman–Crippen LogP) is 4.12. The topological polar surface area (TPSA) is 31.9 Å². The molecule has 0 unspecified atom stereocenters. The number of imidazole rings is 1. The molecule has 0 spiro atoms. The molecule has 3 nitrogen and oxygen atoms in total. The summed E-state index contributed by atoms with van der Waals surface area (Å²) in [6.45, 7) is 4.32. The lowest BCUT2D eigenvalue weighted by molar-refractivity contribution is 0.172. The lowest BCUT2D eigenvalue weighted by atomic mass is 9.96. The van der Waals surface area contributed by atoms with Crippen LogP contribution in [0.3, 0.4) is 0 Å². The summed E-state index contributed by atoms with van der Waals surface area (Å²) in [5, 5.41) is 2.20. The average molecular weight is 323 g/mol. The average Bonchev–Trinajstić information content (AvgIpc) is 3.20. The molecule has 2 aromatic heterocycles. The molecule has 0 aliphatic carbocycles. The first-order valence-electron chi connectivity index (χ1n) is 8.14. The Morgan fingerprint density at radius 3 is 2.91 bits per heavy atom. The molecule has 0 saturated carbocycles. The lowest BCUT2D eigenvalue weighted by Gasteiger charge is -2.35. The van der Waals surface area contributed by atoms with Gasteiger partial charge < -0.3 is 4.98 Å². The van der Waals surface area contributed by atoms with Crippen molar-refractivity contribution in [1.29, 1.82) is 0 Å². The van der Waals surface area contributed by atoms with E-state index in [0.717, 1.165) is 25.9 Å². The van der Waals surface area contributed by atoms with Crippen LogP contribution < -0.4 is 0 Å². The molecule has 1 aliphatic heterocycles. The molecule has 4 rings (SSSR count). The molecule has 1 aromatic carbocycles. The molecule has 1 atom stereocenters. The van der Waals surface area contributed by atoms with E-state index in [9.17, 15) is 0 Å². The van der Waals surface area contributed by atoms with Crippen LogP contribution in [0.25, 0.3) is 0 Å². The van der Waals surface area contributed by atoms with E-state index in [1.807, 2.05) is 17.7 Å². The fraction of sp³-hybridized carbons (Fsp3) is 0.316. The number of nitrogens with zero attached hydrogens (tertiary/aromatic N) is 2. The zero-order valence-electron chi connectivity index (χ0n) is 13.3. The fourth-order valence-electron chi connectivity index (χ4n) is 3.41.